The number of methoxy groups -OCH3 is 1. The number of nitrogens with one attached hydrogen (secondary N) is 1. The lowest BCUT2D eigenvalue weighted by Crippen LogP contribution is -2.47. The number of ether oxygens (including phenoxy) is 1. The molecule has 1 aromatic rings. The Labute approximate surface area is 179 Å². The standard InChI is InChI=1S/C21H31ClN2O4S/c1-28-20-12-11-18(14-19(20)22)29(26,27)24-13-7-8-16(15-24)21(25)23-17-9-5-3-2-4-6-10-17/h11-12,14,16-17H,2-10,13,15H2,1H3,(H,23,25)/t16-/m1/s1. The van der Waals surface area contributed by atoms with Crippen LogP contribution in [-0.2, 0) is 14.8 Å². The molecule has 2 aliphatic rings. The molecule has 1 saturated carbocycles. The van der Waals surface area contributed by atoms with Crippen molar-refractivity contribution in [2.24, 2.45) is 5.92 Å². The number of carbonyl (C=O) groups excluding carboxylic acids is 1. The maximum absolute atomic E-state index is 13.1. The molecule has 3 rings (SSSR count). The Balaban J connectivity index is 1.66. The number of amides is 1. The summed E-state index contributed by atoms with van der Waals surface area (Å²) < 4.78 is 32.7. The van der Waals surface area contributed by atoms with Gasteiger partial charge in [-0.25, -0.2) is 8.42 Å². The third kappa shape index (κ3) is 5.64. The average molecular weight is 443 g/mol. The molecule has 1 heterocycles. The smallest absolute Gasteiger partial charge is 0.243 e. The van der Waals surface area contributed by atoms with Crippen molar-refractivity contribution >= 4 is 27.5 Å². The zero-order valence-electron chi connectivity index (χ0n) is 17.0. The number of hydrogen-bond acceptors (Lipinski definition) is 4. The van der Waals surface area contributed by atoms with Crippen LogP contribution in [0.25, 0.3) is 0 Å². The fourth-order valence-electron chi connectivity index (χ4n) is 4.25. The Morgan fingerprint density at radius 2 is 1.79 bits per heavy atom. The van der Waals surface area contributed by atoms with Gasteiger partial charge in [-0.05, 0) is 43.9 Å². The van der Waals surface area contributed by atoms with Gasteiger partial charge in [0.15, 0.2) is 0 Å². The second kappa shape index (κ2) is 10.1. The highest BCUT2D eigenvalue weighted by Crippen LogP contribution is 2.30. The summed E-state index contributed by atoms with van der Waals surface area (Å²) in [5.41, 5.74) is 0. The van der Waals surface area contributed by atoms with E-state index in [0.29, 0.717) is 25.1 Å². The third-order valence-corrected chi connectivity index (χ3v) is 8.12. The molecule has 0 bridgehead atoms. The van der Waals surface area contributed by atoms with Gasteiger partial charge in [-0.2, -0.15) is 4.31 Å². The fourth-order valence-corrected chi connectivity index (χ4v) is 6.12. The summed E-state index contributed by atoms with van der Waals surface area (Å²) >= 11 is 6.11. The van der Waals surface area contributed by atoms with Crippen LogP contribution in [0.4, 0.5) is 0 Å². The van der Waals surface area contributed by atoms with Crippen LogP contribution in [0.3, 0.4) is 0 Å². The monoisotopic (exact) mass is 442 g/mol. The van der Waals surface area contributed by atoms with Gasteiger partial charge in [0, 0.05) is 19.1 Å². The highest BCUT2D eigenvalue weighted by atomic mass is 35.5. The number of rotatable bonds is 5. The topological polar surface area (TPSA) is 75.7 Å². The van der Waals surface area contributed by atoms with Crippen LogP contribution in [0.2, 0.25) is 5.02 Å². The maximum atomic E-state index is 13.1. The molecular weight excluding hydrogens is 412 g/mol. The highest BCUT2D eigenvalue weighted by molar-refractivity contribution is 7.89. The van der Waals surface area contributed by atoms with E-state index in [4.69, 9.17) is 16.3 Å². The molecule has 29 heavy (non-hydrogen) atoms. The number of benzene rings is 1. The quantitative estimate of drug-likeness (QED) is 0.748. The minimum absolute atomic E-state index is 0.0109. The first kappa shape index (κ1) is 22.4. The van der Waals surface area contributed by atoms with Crippen LogP contribution in [0.15, 0.2) is 23.1 Å². The van der Waals surface area contributed by atoms with Crippen molar-refractivity contribution in [3.05, 3.63) is 23.2 Å². The van der Waals surface area contributed by atoms with Gasteiger partial charge in [0.1, 0.15) is 5.75 Å². The second-order valence-corrected chi connectivity index (χ2v) is 10.4. The zero-order chi connectivity index (χ0) is 20.9. The van der Waals surface area contributed by atoms with Crippen LogP contribution >= 0.6 is 11.6 Å². The Morgan fingerprint density at radius 3 is 2.45 bits per heavy atom. The van der Waals surface area contributed by atoms with Crippen molar-refractivity contribution in [3.63, 3.8) is 0 Å². The van der Waals surface area contributed by atoms with Crippen LogP contribution in [-0.4, -0.2) is 44.9 Å². The second-order valence-electron chi connectivity index (χ2n) is 8.05. The molecule has 0 spiro atoms. The van der Waals surface area contributed by atoms with Crippen LogP contribution in [0, 0.1) is 5.92 Å². The Bertz CT molecular complexity index is 807. The van der Waals surface area contributed by atoms with Crippen molar-refractivity contribution < 1.29 is 17.9 Å². The summed E-state index contributed by atoms with van der Waals surface area (Å²) in [6.45, 7) is 0.629. The normalized spacial score (nSPS) is 22.5. The van der Waals surface area contributed by atoms with E-state index in [2.05, 4.69) is 5.32 Å². The summed E-state index contributed by atoms with van der Waals surface area (Å²) in [5.74, 6) is 0.113. The van der Waals surface area contributed by atoms with E-state index in [0.717, 1.165) is 25.7 Å². The Morgan fingerprint density at radius 1 is 1.10 bits per heavy atom. The predicted octanol–water partition coefficient (Wildman–Crippen LogP) is 3.98. The SMILES string of the molecule is COc1ccc(S(=O)(=O)N2CCC[C@@H](C(=O)NC3CCCCCCC3)C2)cc1Cl. The van der Waals surface area contributed by atoms with E-state index in [-0.39, 0.29) is 34.3 Å². The van der Waals surface area contributed by atoms with Crippen molar-refractivity contribution in [1.29, 1.82) is 0 Å². The van der Waals surface area contributed by atoms with Crippen molar-refractivity contribution in [3.8, 4) is 5.75 Å². The summed E-state index contributed by atoms with van der Waals surface area (Å²) in [6.07, 6.45) is 9.46. The summed E-state index contributed by atoms with van der Waals surface area (Å²) in [7, 11) is -2.22. The number of carbonyl (C=O) groups is 1. The molecule has 8 heteroatoms. The number of hydrogen-bond donors (Lipinski definition) is 1. The number of halogens is 1. The summed E-state index contributed by atoms with van der Waals surface area (Å²) in [5, 5.41) is 3.45. The molecule has 1 aliphatic carbocycles. The molecule has 1 aromatic carbocycles. The first-order valence-corrected chi connectivity index (χ1v) is 12.4. The Kier molecular flexibility index (Phi) is 7.82. The zero-order valence-corrected chi connectivity index (χ0v) is 18.6. The lowest BCUT2D eigenvalue weighted by Gasteiger charge is -2.32. The van der Waals surface area contributed by atoms with Crippen molar-refractivity contribution in [2.75, 3.05) is 20.2 Å². The molecule has 1 N–H and O–H groups in total. The van der Waals surface area contributed by atoms with Gasteiger partial charge >= 0.3 is 0 Å². The molecule has 162 valence electrons. The minimum atomic E-state index is -3.71. The maximum Gasteiger partial charge on any atom is 0.243 e. The van der Waals surface area contributed by atoms with Crippen LogP contribution in [0.1, 0.15) is 57.8 Å². The van der Waals surface area contributed by atoms with E-state index in [1.165, 1.54) is 42.8 Å². The van der Waals surface area contributed by atoms with Gasteiger partial charge in [-0.3, -0.25) is 4.79 Å². The predicted molar refractivity (Wildman–Crippen MR) is 114 cm³/mol. The molecule has 6 nitrogen and oxygen atoms in total. The lowest BCUT2D eigenvalue weighted by molar-refractivity contribution is -0.126. The first-order valence-electron chi connectivity index (χ1n) is 10.6. The average Bonchev–Trinajstić information content (AvgIpc) is 2.69. The molecule has 1 saturated heterocycles. The van der Waals surface area contributed by atoms with E-state index in [1.54, 1.807) is 6.07 Å². The molecule has 1 aliphatic heterocycles. The number of piperidine rings is 1. The lowest BCUT2D eigenvalue weighted by atomic mass is 9.94. The van der Waals surface area contributed by atoms with E-state index in [1.807, 2.05) is 0 Å². The molecule has 0 unspecified atom stereocenters. The van der Waals surface area contributed by atoms with Crippen molar-refractivity contribution in [1.82, 2.24) is 9.62 Å². The van der Waals surface area contributed by atoms with Gasteiger partial charge in [-0.1, -0.05) is 43.7 Å². The van der Waals surface area contributed by atoms with E-state index >= 15 is 0 Å². The molecule has 1 amide bonds. The minimum Gasteiger partial charge on any atom is -0.495 e. The third-order valence-electron chi connectivity index (χ3n) is 5.97. The summed E-state index contributed by atoms with van der Waals surface area (Å²) in [6, 6.07) is 4.68. The molecule has 1 atom stereocenters. The molecule has 2 fully saturated rings. The van der Waals surface area contributed by atoms with Gasteiger partial charge in [-0.15, -0.1) is 0 Å². The van der Waals surface area contributed by atoms with Gasteiger partial charge in [0.05, 0.1) is 22.9 Å². The van der Waals surface area contributed by atoms with Crippen molar-refractivity contribution in [2.45, 2.75) is 68.7 Å². The largest absolute Gasteiger partial charge is 0.495 e. The molecular formula is C21H31ClN2O4S. The van der Waals surface area contributed by atoms with Gasteiger partial charge in [0.25, 0.3) is 0 Å². The van der Waals surface area contributed by atoms with Gasteiger partial charge in [0.2, 0.25) is 15.9 Å². The van der Waals surface area contributed by atoms with E-state index < -0.39 is 10.0 Å². The van der Waals surface area contributed by atoms with Crippen LogP contribution in [0.5, 0.6) is 5.75 Å². The van der Waals surface area contributed by atoms with Gasteiger partial charge < -0.3 is 10.1 Å². The summed E-state index contributed by atoms with van der Waals surface area (Å²) in [4.78, 5) is 13.0. The van der Waals surface area contributed by atoms with E-state index in [9.17, 15) is 13.2 Å². The number of sulfonamides is 1. The van der Waals surface area contributed by atoms with Crippen LogP contribution < -0.4 is 10.1 Å². The Hall–Kier alpha value is -1.31. The first-order chi connectivity index (χ1) is 13.9. The molecule has 0 radical (unpaired) electrons. The highest BCUT2D eigenvalue weighted by Gasteiger charge is 2.34. The number of nitrogens with zero attached hydrogens (tertiary/aromatic N) is 1. The fraction of sp³-hybridized carbons (Fsp3) is 0.667. The molecule has 0 aromatic heterocycles.